The van der Waals surface area contributed by atoms with Crippen molar-refractivity contribution in [2.75, 3.05) is 45.8 Å². The second-order valence-corrected chi connectivity index (χ2v) is 13.7. The zero-order valence-corrected chi connectivity index (χ0v) is 29.5. The fraction of sp³-hybridized carbons (Fsp3) is 0.541. The monoisotopic (exact) mass is 713 g/mol. The number of rotatable bonds is 12. The first-order valence-electron chi connectivity index (χ1n) is 17.4. The molecule has 270 valence electrons. The van der Waals surface area contributed by atoms with E-state index in [9.17, 15) is 14.4 Å². The van der Waals surface area contributed by atoms with Crippen LogP contribution in [0, 0.1) is 11.7 Å². The van der Waals surface area contributed by atoms with Crippen LogP contribution in [0.3, 0.4) is 0 Å². The quantitative estimate of drug-likeness (QED) is 0.232. The third kappa shape index (κ3) is 7.84. The number of anilines is 1. The average Bonchev–Trinajstić information content (AvgIpc) is 3.88. The highest BCUT2D eigenvalue weighted by Crippen LogP contribution is 2.35. The molecule has 13 heteroatoms. The molecule has 2 saturated heterocycles. The van der Waals surface area contributed by atoms with Crippen molar-refractivity contribution in [3.05, 3.63) is 64.6 Å². The maximum absolute atomic E-state index is 15.5. The average molecular weight is 714 g/mol. The molecule has 3 aromatic rings. The molecule has 4 atom stereocenters. The van der Waals surface area contributed by atoms with Gasteiger partial charge in [-0.25, -0.2) is 4.39 Å². The lowest BCUT2D eigenvalue weighted by molar-refractivity contribution is -0.160. The van der Waals surface area contributed by atoms with Crippen LogP contribution in [0.15, 0.2) is 47.1 Å². The van der Waals surface area contributed by atoms with Crippen molar-refractivity contribution in [1.29, 1.82) is 0 Å². The van der Waals surface area contributed by atoms with Gasteiger partial charge in [-0.1, -0.05) is 29.8 Å². The maximum atomic E-state index is 15.5. The number of halogens is 2. The van der Waals surface area contributed by atoms with E-state index >= 15 is 4.39 Å². The number of fused-ring (bicyclic) bond motifs is 1. The van der Waals surface area contributed by atoms with Gasteiger partial charge in [-0.05, 0) is 69.2 Å². The van der Waals surface area contributed by atoms with Crippen molar-refractivity contribution >= 4 is 46.0 Å². The van der Waals surface area contributed by atoms with Gasteiger partial charge in [0.25, 0.3) is 5.91 Å². The number of para-hydroxylation sites is 1. The van der Waals surface area contributed by atoms with E-state index < -0.39 is 18.0 Å². The Hall–Kier alpha value is -3.55. The van der Waals surface area contributed by atoms with Crippen LogP contribution in [-0.4, -0.2) is 98.6 Å². The summed E-state index contributed by atoms with van der Waals surface area (Å²) in [4.78, 5) is 43.3. The van der Waals surface area contributed by atoms with E-state index in [1.165, 1.54) is 12.3 Å². The van der Waals surface area contributed by atoms with Gasteiger partial charge in [0, 0.05) is 39.2 Å². The SMILES string of the molecule is CCOC(=O)[C@H]1CC[C@H](OC([C@@H]2CCCN2C(=O)Cc2cc(Cl)c(NC(=O)c3coc4ccccc34)cc2F)N2C[C@H](OC)[C@H](OC)C2)CC1. The van der Waals surface area contributed by atoms with Crippen LogP contribution < -0.4 is 5.32 Å². The summed E-state index contributed by atoms with van der Waals surface area (Å²) in [6.45, 7) is 3.83. The summed E-state index contributed by atoms with van der Waals surface area (Å²) in [5.74, 6) is -1.67. The molecule has 0 bridgehead atoms. The molecule has 3 heterocycles. The Morgan fingerprint density at radius 1 is 1.04 bits per heavy atom. The number of carbonyl (C=O) groups excluding carboxylic acids is 3. The molecule has 3 aliphatic rings. The number of hydrogen-bond donors (Lipinski definition) is 1. The topological polar surface area (TPSA) is 120 Å². The van der Waals surface area contributed by atoms with Crippen LogP contribution >= 0.6 is 11.6 Å². The number of carbonyl (C=O) groups is 3. The van der Waals surface area contributed by atoms with Crippen molar-refractivity contribution in [2.45, 2.75) is 82.5 Å². The Bertz CT molecular complexity index is 1670. The molecule has 6 rings (SSSR count). The normalized spacial score (nSPS) is 24.8. The smallest absolute Gasteiger partial charge is 0.308 e. The molecule has 11 nitrogen and oxygen atoms in total. The molecule has 0 spiro atoms. The van der Waals surface area contributed by atoms with Crippen molar-refractivity contribution < 1.29 is 42.1 Å². The fourth-order valence-corrected chi connectivity index (χ4v) is 7.80. The molecule has 3 fully saturated rings. The van der Waals surface area contributed by atoms with Gasteiger partial charge in [0.05, 0.1) is 59.6 Å². The van der Waals surface area contributed by atoms with E-state index in [-0.39, 0.29) is 64.8 Å². The van der Waals surface area contributed by atoms with Crippen LogP contribution in [0.25, 0.3) is 11.0 Å². The van der Waals surface area contributed by atoms with Gasteiger partial charge in [0.1, 0.15) is 23.9 Å². The first-order valence-corrected chi connectivity index (χ1v) is 17.7. The zero-order valence-electron chi connectivity index (χ0n) is 28.7. The van der Waals surface area contributed by atoms with Crippen molar-refractivity contribution in [3.63, 3.8) is 0 Å². The predicted octanol–water partition coefficient (Wildman–Crippen LogP) is 5.82. The lowest BCUT2D eigenvalue weighted by atomic mass is 9.87. The van der Waals surface area contributed by atoms with Gasteiger partial charge in [-0.3, -0.25) is 19.3 Å². The summed E-state index contributed by atoms with van der Waals surface area (Å²) in [6.07, 6.45) is 4.58. The number of likely N-dealkylation sites (tertiary alicyclic amines) is 2. The minimum atomic E-state index is -0.651. The van der Waals surface area contributed by atoms with Crippen molar-refractivity contribution in [2.24, 2.45) is 5.92 Å². The zero-order chi connectivity index (χ0) is 35.4. The number of nitrogens with zero attached hydrogens (tertiary/aromatic N) is 2. The second kappa shape index (κ2) is 16.2. The van der Waals surface area contributed by atoms with E-state index in [2.05, 4.69) is 10.2 Å². The molecule has 2 aliphatic heterocycles. The first-order chi connectivity index (χ1) is 24.2. The molecule has 1 aromatic heterocycles. The molecule has 1 aliphatic carbocycles. The molecule has 2 aromatic carbocycles. The predicted molar refractivity (Wildman–Crippen MR) is 184 cm³/mol. The fourth-order valence-electron chi connectivity index (χ4n) is 7.57. The van der Waals surface area contributed by atoms with E-state index in [0.29, 0.717) is 68.5 Å². The summed E-state index contributed by atoms with van der Waals surface area (Å²) in [7, 11) is 3.32. The Labute approximate surface area is 296 Å². The number of esters is 1. The van der Waals surface area contributed by atoms with Crippen molar-refractivity contribution in [1.82, 2.24) is 9.80 Å². The van der Waals surface area contributed by atoms with Gasteiger partial charge in [0.15, 0.2) is 0 Å². The largest absolute Gasteiger partial charge is 0.466 e. The number of amides is 2. The van der Waals surface area contributed by atoms with Gasteiger partial charge >= 0.3 is 5.97 Å². The maximum Gasteiger partial charge on any atom is 0.308 e. The minimum Gasteiger partial charge on any atom is -0.466 e. The van der Waals surface area contributed by atoms with Gasteiger partial charge < -0.3 is 33.6 Å². The van der Waals surface area contributed by atoms with Crippen LogP contribution in [0.5, 0.6) is 0 Å². The molecule has 0 radical (unpaired) electrons. The van der Waals surface area contributed by atoms with Crippen LogP contribution in [0.4, 0.5) is 10.1 Å². The summed E-state index contributed by atoms with van der Waals surface area (Å²) in [6, 6.07) is 9.37. The number of nitrogens with one attached hydrogen (secondary N) is 1. The van der Waals surface area contributed by atoms with E-state index in [0.717, 1.165) is 18.9 Å². The minimum absolute atomic E-state index is 0.0927. The molecular weight excluding hydrogens is 669 g/mol. The summed E-state index contributed by atoms with van der Waals surface area (Å²) >= 11 is 6.53. The molecule has 1 unspecified atom stereocenters. The summed E-state index contributed by atoms with van der Waals surface area (Å²) in [5.41, 5.74) is 1.08. The van der Waals surface area contributed by atoms with Crippen LogP contribution in [0.2, 0.25) is 5.02 Å². The third-order valence-corrected chi connectivity index (χ3v) is 10.5. The van der Waals surface area contributed by atoms with E-state index in [1.807, 2.05) is 6.92 Å². The Kier molecular flexibility index (Phi) is 11.7. The molecule has 1 N–H and O–H groups in total. The Morgan fingerprint density at radius 2 is 1.76 bits per heavy atom. The lowest BCUT2D eigenvalue weighted by Crippen LogP contribution is -2.53. The summed E-state index contributed by atoms with van der Waals surface area (Å²) in [5, 5.41) is 3.41. The molecule has 1 saturated carbocycles. The van der Waals surface area contributed by atoms with E-state index in [1.54, 1.807) is 43.4 Å². The molecular formula is C37H45ClFN3O8. The highest BCUT2D eigenvalue weighted by molar-refractivity contribution is 6.34. The first kappa shape index (κ1) is 36.2. The second-order valence-electron chi connectivity index (χ2n) is 13.3. The lowest BCUT2D eigenvalue weighted by Gasteiger charge is -2.40. The molecule has 50 heavy (non-hydrogen) atoms. The third-order valence-electron chi connectivity index (χ3n) is 10.2. The number of furan rings is 1. The van der Waals surface area contributed by atoms with Crippen LogP contribution in [-0.2, 0) is 35.0 Å². The number of hydrogen-bond acceptors (Lipinski definition) is 9. The highest BCUT2D eigenvalue weighted by atomic mass is 35.5. The van der Waals surface area contributed by atoms with Crippen LogP contribution in [0.1, 0.15) is 61.4 Å². The van der Waals surface area contributed by atoms with Crippen molar-refractivity contribution in [3.8, 4) is 0 Å². The number of ether oxygens (including phenoxy) is 4. The van der Waals surface area contributed by atoms with Gasteiger partial charge in [-0.2, -0.15) is 0 Å². The summed E-state index contributed by atoms with van der Waals surface area (Å²) < 4.78 is 44.5. The number of methoxy groups -OCH3 is 2. The Balaban J connectivity index is 1.15. The number of benzene rings is 2. The van der Waals surface area contributed by atoms with Gasteiger partial charge in [0.2, 0.25) is 5.91 Å². The van der Waals surface area contributed by atoms with E-state index in [4.69, 9.17) is 35.0 Å². The highest BCUT2D eigenvalue weighted by Gasteiger charge is 2.45. The van der Waals surface area contributed by atoms with Gasteiger partial charge in [-0.15, -0.1) is 0 Å². The molecule has 2 amide bonds. The standard InChI is InChI=1S/C37H45ClFN3O8/c1-4-48-37(45)22-11-13-24(14-12-22)50-36(41-19-32(46-2)33(20-41)47-3)30-9-7-15-42(30)34(43)17-23-16-27(38)29(18-28(23)39)40-35(44)26-21-49-31-10-6-5-8-25(26)31/h5-6,8,10,16,18,21-22,24,30,32-33,36H,4,7,9,11-15,17,19-20H2,1-3H3,(H,40,44)/t22-,24-,30-,32-,33+,36?/m0/s1. The Morgan fingerprint density at radius 3 is 2.46 bits per heavy atom.